The lowest BCUT2D eigenvalue weighted by atomic mass is 10.0. The van der Waals surface area contributed by atoms with E-state index in [1.165, 1.54) is 0 Å². The third-order valence-corrected chi connectivity index (χ3v) is 3.90. The average Bonchev–Trinajstić information content (AvgIpc) is 2.95. The summed E-state index contributed by atoms with van der Waals surface area (Å²) in [7, 11) is 0. The van der Waals surface area contributed by atoms with Crippen LogP contribution in [0.15, 0.2) is 65.1 Å². The summed E-state index contributed by atoms with van der Waals surface area (Å²) in [5.41, 5.74) is 1.15. The third-order valence-electron chi connectivity index (χ3n) is 3.90. The largest absolute Gasteiger partial charge is 0.478 e. The fourth-order valence-electron chi connectivity index (χ4n) is 2.79. The highest BCUT2D eigenvalue weighted by molar-refractivity contribution is 6.03. The van der Waals surface area contributed by atoms with E-state index in [4.69, 9.17) is 4.42 Å². The Labute approximate surface area is 144 Å². The van der Waals surface area contributed by atoms with Crippen molar-refractivity contribution in [3.8, 4) is 0 Å². The predicted octanol–water partition coefficient (Wildman–Crippen LogP) is 3.86. The summed E-state index contributed by atoms with van der Waals surface area (Å²) >= 11 is 0. The maximum Gasteiger partial charge on any atom is 0.340 e. The molecule has 3 rings (SSSR count). The van der Waals surface area contributed by atoms with Crippen LogP contribution in [0.4, 0.5) is 0 Å². The number of carboxylic acids is 2. The third kappa shape index (κ3) is 3.61. The number of carboxylic acid groups (broad SMARTS) is 2. The van der Waals surface area contributed by atoms with E-state index in [-0.39, 0.29) is 35.5 Å². The van der Waals surface area contributed by atoms with E-state index in [9.17, 15) is 19.8 Å². The van der Waals surface area contributed by atoms with Gasteiger partial charge in [-0.05, 0) is 11.1 Å². The normalized spacial score (nSPS) is 10.6. The Balaban J connectivity index is 2.07. The fourth-order valence-corrected chi connectivity index (χ4v) is 2.79. The van der Waals surface area contributed by atoms with Gasteiger partial charge in [-0.2, -0.15) is 0 Å². The lowest BCUT2D eigenvalue weighted by Crippen LogP contribution is -2.09. The van der Waals surface area contributed by atoms with Gasteiger partial charge in [0.15, 0.2) is 0 Å². The van der Waals surface area contributed by atoms with Crippen molar-refractivity contribution in [3.05, 3.63) is 94.4 Å². The number of hydrogen-bond donors (Lipinski definition) is 2. The van der Waals surface area contributed by atoms with E-state index >= 15 is 0 Å². The second-order valence-corrected chi connectivity index (χ2v) is 5.63. The average molecular weight is 336 g/mol. The maximum absolute atomic E-state index is 11.7. The number of benzene rings is 2. The standard InChI is InChI=1S/C20H16O5/c21-19(22)17-15(11-13-7-3-1-4-8-13)25-16(18(17)20(23)24)12-14-9-5-2-6-10-14/h1-10H,11-12H2,(H,21,22)(H,23,24). The maximum atomic E-state index is 11.7. The molecule has 126 valence electrons. The number of furan rings is 1. The van der Waals surface area contributed by atoms with Crippen molar-refractivity contribution in [1.29, 1.82) is 0 Å². The topological polar surface area (TPSA) is 87.7 Å². The van der Waals surface area contributed by atoms with Gasteiger partial charge in [-0.15, -0.1) is 0 Å². The zero-order chi connectivity index (χ0) is 17.8. The molecule has 0 aliphatic carbocycles. The van der Waals surface area contributed by atoms with Crippen molar-refractivity contribution in [2.24, 2.45) is 0 Å². The van der Waals surface area contributed by atoms with Gasteiger partial charge in [0.25, 0.3) is 0 Å². The van der Waals surface area contributed by atoms with E-state index in [1.807, 2.05) is 60.7 Å². The fraction of sp³-hybridized carbons (Fsp3) is 0.100. The molecule has 5 nitrogen and oxygen atoms in total. The molecule has 25 heavy (non-hydrogen) atoms. The van der Waals surface area contributed by atoms with E-state index in [0.29, 0.717) is 0 Å². The van der Waals surface area contributed by atoms with Gasteiger partial charge in [0.1, 0.15) is 22.6 Å². The number of rotatable bonds is 6. The summed E-state index contributed by atoms with van der Waals surface area (Å²) in [5.74, 6) is -2.29. The molecule has 0 fully saturated rings. The monoisotopic (exact) mass is 336 g/mol. The number of hydrogen-bond acceptors (Lipinski definition) is 3. The Bertz CT molecular complexity index is 821. The van der Waals surface area contributed by atoms with Crippen LogP contribution in [0.2, 0.25) is 0 Å². The second-order valence-electron chi connectivity index (χ2n) is 5.63. The molecule has 2 aromatic carbocycles. The minimum absolute atomic E-state index is 0.155. The summed E-state index contributed by atoms with van der Waals surface area (Å²) in [5, 5.41) is 19.1. The molecule has 0 saturated heterocycles. The van der Waals surface area contributed by atoms with Gasteiger partial charge in [-0.3, -0.25) is 0 Å². The first-order valence-corrected chi connectivity index (χ1v) is 7.75. The van der Waals surface area contributed by atoms with Crippen LogP contribution in [0.5, 0.6) is 0 Å². The quantitative estimate of drug-likeness (QED) is 0.714. The van der Waals surface area contributed by atoms with Crippen molar-refractivity contribution in [2.45, 2.75) is 12.8 Å². The van der Waals surface area contributed by atoms with Crippen LogP contribution in [0, 0.1) is 0 Å². The van der Waals surface area contributed by atoms with Crippen LogP contribution in [0.25, 0.3) is 0 Å². The van der Waals surface area contributed by atoms with Crippen molar-refractivity contribution in [1.82, 2.24) is 0 Å². The van der Waals surface area contributed by atoms with Gasteiger partial charge < -0.3 is 14.6 Å². The van der Waals surface area contributed by atoms with Crippen molar-refractivity contribution in [3.63, 3.8) is 0 Å². The van der Waals surface area contributed by atoms with Gasteiger partial charge >= 0.3 is 11.9 Å². The molecule has 0 amide bonds. The molecule has 1 heterocycles. The number of aromatic carboxylic acids is 2. The summed E-state index contributed by atoms with van der Waals surface area (Å²) in [6.07, 6.45) is 0.440. The van der Waals surface area contributed by atoms with E-state index in [0.717, 1.165) is 11.1 Å². The Morgan fingerprint density at radius 3 is 1.36 bits per heavy atom. The molecule has 0 aliphatic rings. The Morgan fingerprint density at radius 2 is 1.04 bits per heavy atom. The summed E-state index contributed by atoms with van der Waals surface area (Å²) in [6, 6.07) is 18.4. The highest BCUT2D eigenvalue weighted by Crippen LogP contribution is 2.27. The molecule has 0 unspecified atom stereocenters. The second kappa shape index (κ2) is 7.05. The van der Waals surface area contributed by atoms with Gasteiger partial charge in [-0.25, -0.2) is 9.59 Å². The van der Waals surface area contributed by atoms with Crippen molar-refractivity contribution < 1.29 is 24.2 Å². The van der Waals surface area contributed by atoms with Gasteiger partial charge in [-0.1, -0.05) is 60.7 Å². The Hall–Kier alpha value is -3.34. The highest BCUT2D eigenvalue weighted by atomic mass is 16.4. The molecule has 0 aliphatic heterocycles. The smallest absolute Gasteiger partial charge is 0.340 e. The van der Waals surface area contributed by atoms with E-state index in [2.05, 4.69) is 0 Å². The SMILES string of the molecule is O=C(O)c1c(Cc2ccccc2)oc(Cc2ccccc2)c1C(=O)O. The lowest BCUT2D eigenvalue weighted by molar-refractivity contribution is 0.0651. The van der Waals surface area contributed by atoms with Gasteiger partial charge in [0, 0.05) is 12.8 Å². The predicted molar refractivity (Wildman–Crippen MR) is 91.1 cm³/mol. The van der Waals surface area contributed by atoms with Crippen LogP contribution in [0.3, 0.4) is 0 Å². The van der Waals surface area contributed by atoms with Gasteiger partial charge in [0.05, 0.1) is 0 Å². The summed E-state index contributed by atoms with van der Waals surface area (Å²) < 4.78 is 5.71. The minimum Gasteiger partial charge on any atom is -0.478 e. The molecule has 0 bridgehead atoms. The molecule has 0 atom stereocenters. The van der Waals surface area contributed by atoms with Crippen LogP contribution < -0.4 is 0 Å². The molecule has 2 N–H and O–H groups in total. The molecular weight excluding hydrogens is 320 g/mol. The van der Waals surface area contributed by atoms with Crippen LogP contribution in [-0.4, -0.2) is 22.2 Å². The zero-order valence-electron chi connectivity index (χ0n) is 13.3. The first kappa shape index (κ1) is 16.5. The zero-order valence-corrected chi connectivity index (χ0v) is 13.3. The number of carbonyl (C=O) groups is 2. The summed E-state index contributed by atoms with van der Waals surface area (Å²) in [6.45, 7) is 0. The van der Waals surface area contributed by atoms with E-state index in [1.54, 1.807) is 0 Å². The molecule has 0 spiro atoms. The van der Waals surface area contributed by atoms with Crippen molar-refractivity contribution >= 4 is 11.9 Å². The molecular formula is C20H16O5. The molecule has 0 radical (unpaired) electrons. The molecule has 5 heteroatoms. The van der Waals surface area contributed by atoms with E-state index < -0.39 is 11.9 Å². The minimum atomic E-state index is -1.30. The first-order valence-electron chi connectivity index (χ1n) is 7.75. The first-order chi connectivity index (χ1) is 12.1. The Kier molecular flexibility index (Phi) is 4.66. The molecule has 3 aromatic rings. The highest BCUT2D eigenvalue weighted by Gasteiger charge is 2.29. The van der Waals surface area contributed by atoms with Gasteiger partial charge in [0.2, 0.25) is 0 Å². The van der Waals surface area contributed by atoms with Crippen LogP contribution in [-0.2, 0) is 12.8 Å². The molecule has 1 aromatic heterocycles. The van der Waals surface area contributed by atoms with Crippen LogP contribution >= 0.6 is 0 Å². The lowest BCUT2D eigenvalue weighted by Gasteiger charge is -2.00. The van der Waals surface area contributed by atoms with Crippen molar-refractivity contribution in [2.75, 3.05) is 0 Å². The molecule has 0 saturated carbocycles. The van der Waals surface area contributed by atoms with Crippen LogP contribution in [0.1, 0.15) is 43.4 Å². The summed E-state index contributed by atoms with van der Waals surface area (Å²) in [4.78, 5) is 23.4. The Morgan fingerprint density at radius 1 is 0.680 bits per heavy atom.